The van der Waals surface area contributed by atoms with Gasteiger partial charge in [-0.15, -0.1) is 11.6 Å². The van der Waals surface area contributed by atoms with E-state index in [0.717, 1.165) is 12.0 Å². The molecule has 16 heavy (non-hydrogen) atoms. The lowest BCUT2D eigenvalue weighted by atomic mass is 10.1. The average Bonchev–Trinajstić information content (AvgIpc) is 2.27. The Hall–Kier alpha value is -0.930. The molecule has 0 aromatic heterocycles. The van der Waals surface area contributed by atoms with Crippen LogP contribution in [-0.4, -0.2) is 23.1 Å². The number of aliphatic carboxylic acids is 1. The van der Waals surface area contributed by atoms with E-state index in [4.69, 9.17) is 33.0 Å². The first-order valence-electron chi connectivity index (χ1n) is 4.82. The lowest BCUT2D eigenvalue weighted by molar-refractivity contribution is -0.137. The number of aryl methyl sites for hydroxylation is 1. The molecule has 0 aliphatic carbocycles. The second-order valence-corrected chi connectivity index (χ2v) is 4.16. The first-order chi connectivity index (χ1) is 7.54. The molecule has 0 saturated heterocycles. The van der Waals surface area contributed by atoms with Crippen molar-refractivity contribution in [1.82, 2.24) is 0 Å². The Morgan fingerprint density at radius 2 is 2.25 bits per heavy atom. The maximum absolute atomic E-state index is 10.5. The van der Waals surface area contributed by atoms with Crippen LogP contribution < -0.4 is 4.74 Å². The molecule has 1 aromatic rings. The summed E-state index contributed by atoms with van der Waals surface area (Å²) in [6.45, 7) is 1.91. The predicted molar refractivity (Wildman–Crippen MR) is 63.6 cm³/mol. The summed E-state index contributed by atoms with van der Waals surface area (Å²) in [7, 11) is 0. The minimum absolute atomic E-state index is 0.0678. The average molecular weight is 263 g/mol. The number of benzene rings is 1. The molecule has 88 valence electrons. The van der Waals surface area contributed by atoms with E-state index in [-0.39, 0.29) is 6.61 Å². The first-order valence-corrected chi connectivity index (χ1v) is 5.64. The van der Waals surface area contributed by atoms with E-state index in [2.05, 4.69) is 0 Å². The Morgan fingerprint density at radius 3 is 2.81 bits per heavy atom. The van der Waals surface area contributed by atoms with Crippen LogP contribution in [0.4, 0.5) is 0 Å². The molecule has 0 saturated carbocycles. The van der Waals surface area contributed by atoms with E-state index in [1.54, 1.807) is 18.2 Å². The molecule has 1 rings (SSSR count). The molecule has 1 N–H and O–H groups in total. The summed E-state index contributed by atoms with van der Waals surface area (Å²) < 4.78 is 5.26. The number of alkyl halides is 1. The minimum Gasteiger partial charge on any atom is -0.491 e. The van der Waals surface area contributed by atoms with Crippen LogP contribution in [0.25, 0.3) is 0 Å². The minimum atomic E-state index is -1.09. The maximum atomic E-state index is 10.5. The molecule has 3 nitrogen and oxygen atoms in total. The highest BCUT2D eigenvalue weighted by Crippen LogP contribution is 2.22. The summed E-state index contributed by atoms with van der Waals surface area (Å²) >= 11 is 11.5. The van der Waals surface area contributed by atoms with E-state index < -0.39 is 11.3 Å². The van der Waals surface area contributed by atoms with Crippen molar-refractivity contribution >= 4 is 29.2 Å². The lowest BCUT2D eigenvalue weighted by Gasteiger charge is -2.09. The third-order valence-corrected chi connectivity index (χ3v) is 2.74. The van der Waals surface area contributed by atoms with Crippen LogP contribution in [-0.2, 0) is 11.2 Å². The Bertz CT molecular complexity index is 379. The van der Waals surface area contributed by atoms with Crippen molar-refractivity contribution in [2.75, 3.05) is 6.61 Å². The molecule has 0 aliphatic heterocycles. The Balaban J connectivity index is 2.64. The first kappa shape index (κ1) is 13.1. The molecule has 5 heteroatoms. The molecule has 0 spiro atoms. The topological polar surface area (TPSA) is 46.5 Å². The van der Waals surface area contributed by atoms with Gasteiger partial charge in [-0.2, -0.15) is 0 Å². The van der Waals surface area contributed by atoms with Gasteiger partial charge in [-0.1, -0.05) is 18.5 Å². The van der Waals surface area contributed by atoms with Crippen LogP contribution in [0.1, 0.15) is 12.5 Å². The van der Waals surface area contributed by atoms with E-state index in [0.29, 0.717) is 10.8 Å². The fraction of sp³-hybridized carbons (Fsp3) is 0.364. The van der Waals surface area contributed by atoms with Crippen LogP contribution in [0.15, 0.2) is 18.2 Å². The molecular weight excluding hydrogens is 251 g/mol. The molecule has 0 bridgehead atoms. The highest BCUT2D eigenvalue weighted by Gasteiger charge is 2.14. The monoisotopic (exact) mass is 262 g/mol. The summed E-state index contributed by atoms with van der Waals surface area (Å²) in [6.07, 6.45) is 0.791. The van der Waals surface area contributed by atoms with E-state index in [9.17, 15) is 4.79 Å². The number of carboxylic acids is 1. The largest absolute Gasteiger partial charge is 0.491 e. The predicted octanol–water partition coefficient (Wildman–Crippen LogP) is 2.97. The van der Waals surface area contributed by atoms with E-state index in [1.165, 1.54) is 0 Å². The summed E-state index contributed by atoms with van der Waals surface area (Å²) in [5.41, 5.74) is 0.959. The Kier molecular flexibility index (Phi) is 4.90. The summed E-state index contributed by atoms with van der Waals surface area (Å²) in [4.78, 5) is 10.5. The van der Waals surface area contributed by atoms with Gasteiger partial charge in [-0.25, -0.2) is 0 Å². The van der Waals surface area contributed by atoms with Gasteiger partial charge in [0.15, 0.2) is 5.38 Å². The fourth-order valence-corrected chi connectivity index (χ4v) is 1.47. The number of carbonyl (C=O) groups is 1. The van der Waals surface area contributed by atoms with Gasteiger partial charge < -0.3 is 9.84 Å². The van der Waals surface area contributed by atoms with Crippen molar-refractivity contribution in [3.63, 3.8) is 0 Å². The van der Waals surface area contributed by atoms with Gasteiger partial charge in [0.05, 0.1) is 0 Å². The second kappa shape index (κ2) is 5.97. The molecule has 1 unspecified atom stereocenters. The van der Waals surface area contributed by atoms with Crippen LogP contribution in [0.2, 0.25) is 5.02 Å². The van der Waals surface area contributed by atoms with Crippen molar-refractivity contribution in [2.45, 2.75) is 18.7 Å². The number of hydrogen-bond acceptors (Lipinski definition) is 2. The summed E-state index contributed by atoms with van der Waals surface area (Å²) in [5, 5.41) is 8.21. The smallest absolute Gasteiger partial charge is 0.325 e. The third-order valence-electron chi connectivity index (χ3n) is 2.06. The summed E-state index contributed by atoms with van der Waals surface area (Å²) in [5.74, 6) is -0.514. The summed E-state index contributed by atoms with van der Waals surface area (Å²) in [6, 6.07) is 5.19. The molecular formula is C11H12Cl2O3. The standard InChI is InChI=1S/C11H12Cl2O3/c1-2-7-5-8(3-4-9(7)12)16-6-10(13)11(14)15/h3-5,10H,2,6H2,1H3,(H,14,15). The zero-order chi connectivity index (χ0) is 12.1. The van der Waals surface area contributed by atoms with E-state index in [1.807, 2.05) is 6.92 Å². The van der Waals surface area contributed by atoms with Crippen LogP contribution in [0.5, 0.6) is 5.75 Å². The number of carboxylic acid groups (broad SMARTS) is 1. The molecule has 0 radical (unpaired) electrons. The van der Waals surface area contributed by atoms with Crippen molar-refractivity contribution in [3.8, 4) is 5.75 Å². The van der Waals surface area contributed by atoms with Gasteiger partial charge in [-0.05, 0) is 30.2 Å². The van der Waals surface area contributed by atoms with Gasteiger partial charge in [-0.3, -0.25) is 4.79 Å². The number of hydrogen-bond donors (Lipinski definition) is 1. The van der Waals surface area contributed by atoms with Gasteiger partial charge >= 0.3 is 5.97 Å². The van der Waals surface area contributed by atoms with Crippen LogP contribution >= 0.6 is 23.2 Å². The third kappa shape index (κ3) is 3.58. The molecule has 0 fully saturated rings. The van der Waals surface area contributed by atoms with Gasteiger partial charge in [0.25, 0.3) is 0 Å². The van der Waals surface area contributed by atoms with Crippen molar-refractivity contribution in [2.24, 2.45) is 0 Å². The molecule has 1 aromatic carbocycles. The fourth-order valence-electron chi connectivity index (χ4n) is 1.15. The lowest BCUT2D eigenvalue weighted by Crippen LogP contribution is -2.21. The highest BCUT2D eigenvalue weighted by atomic mass is 35.5. The van der Waals surface area contributed by atoms with Gasteiger partial charge in [0.2, 0.25) is 0 Å². The zero-order valence-electron chi connectivity index (χ0n) is 8.74. The number of halogens is 2. The molecule has 1 atom stereocenters. The molecule has 0 amide bonds. The normalized spacial score (nSPS) is 12.2. The van der Waals surface area contributed by atoms with Gasteiger partial charge in [0, 0.05) is 5.02 Å². The second-order valence-electron chi connectivity index (χ2n) is 3.22. The zero-order valence-corrected chi connectivity index (χ0v) is 10.3. The van der Waals surface area contributed by atoms with Crippen molar-refractivity contribution in [3.05, 3.63) is 28.8 Å². The van der Waals surface area contributed by atoms with E-state index >= 15 is 0 Å². The maximum Gasteiger partial charge on any atom is 0.325 e. The Labute approximate surface area is 104 Å². The highest BCUT2D eigenvalue weighted by molar-refractivity contribution is 6.31. The van der Waals surface area contributed by atoms with Gasteiger partial charge in [0.1, 0.15) is 12.4 Å². The Morgan fingerprint density at radius 1 is 1.56 bits per heavy atom. The number of rotatable bonds is 5. The van der Waals surface area contributed by atoms with Crippen LogP contribution in [0.3, 0.4) is 0 Å². The number of ether oxygens (including phenoxy) is 1. The SMILES string of the molecule is CCc1cc(OCC(Cl)C(=O)O)ccc1Cl. The van der Waals surface area contributed by atoms with Crippen molar-refractivity contribution in [1.29, 1.82) is 0 Å². The quantitative estimate of drug-likeness (QED) is 0.831. The molecule has 0 heterocycles. The molecule has 0 aliphatic rings. The van der Waals surface area contributed by atoms with Crippen molar-refractivity contribution < 1.29 is 14.6 Å². The van der Waals surface area contributed by atoms with Crippen LogP contribution in [0, 0.1) is 0 Å².